The van der Waals surface area contributed by atoms with Crippen molar-refractivity contribution < 1.29 is 9.84 Å². The minimum atomic E-state index is -0.0297. The zero-order valence-electron chi connectivity index (χ0n) is 10.8. The van der Waals surface area contributed by atoms with Crippen LogP contribution in [0.15, 0.2) is 54.6 Å². The molecule has 0 aromatic heterocycles. The third-order valence-corrected chi connectivity index (χ3v) is 2.96. The Labute approximate surface area is 113 Å². The summed E-state index contributed by atoms with van der Waals surface area (Å²) < 4.78 is 5.71. The lowest BCUT2D eigenvalue weighted by atomic mass is 10.0. The maximum atomic E-state index is 8.79. The van der Waals surface area contributed by atoms with Gasteiger partial charge in [0, 0.05) is 12.6 Å². The van der Waals surface area contributed by atoms with E-state index in [1.165, 1.54) is 0 Å². The molecule has 0 fully saturated rings. The molecular formula is C16H19NO2. The summed E-state index contributed by atoms with van der Waals surface area (Å²) in [5.41, 5.74) is 7.10. The summed E-state index contributed by atoms with van der Waals surface area (Å²) in [7, 11) is 0. The first-order valence-electron chi connectivity index (χ1n) is 6.49. The Balaban J connectivity index is 1.98. The summed E-state index contributed by atoms with van der Waals surface area (Å²) in [5.74, 6) is 1.61. The number of ether oxygens (including phenoxy) is 1. The Morgan fingerprint density at radius 2 is 1.58 bits per heavy atom. The predicted octanol–water partition coefficient (Wildman–Crippen LogP) is 3.25. The maximum absolute atomic E-state index is 8.79. The van der Waals surface area contributed by atoms with Crippen LogP contribution in [0.4, 0.5) is 0 Å². The standard InChI is InChI=1S/C16H19NO2/c17-16(7-4-12-18)13-8-10-15(11-9-13)19-14-5-2-1-3-6-14/h1-3,5-6,8-11,16,18H,4,7,12,17H2/t16-/m0/s1. The zero-order valence-corrected chi connectivity index (χ0v) is 10.8. The third-order valence-electron chi connectivity index (χ3n) is 2.96. The van der Waals surface area contributed by atoms with E-state index < -0.39 is 0 Å². The normalized spacial score (nSPS) is 12.1. The molecule has 2 aromatic carbocycles. The minimum Gasteiger partial charge on any atom is -0.457 e. The Hall–Kier alpha value is -1.84. The van der Waals surface area contributed by atoms with E-state index in [4.69, 9.17) is 15.6 Å². The highest BCUT2D eigenvalue weighted by atomic mass is 16.5. The maximum Gasteiger partial charge on any atom is 0.127 e. The number of rotatable bonds is 6. The predicted molar refractivity (Wildman–Crippen MR) is 76.2 cm³/mol. The molecule has 0 saturated heterocycles. The number of aliphatic hydroxyl groups is 1. The molecule has 0 bridgehead atoms. The van der Waals surface area contributed by atoms with Crippen LogP contribution < -0.4 is 10.5 Å². The van der Waals surface area contributed by atoms with Gasteiger partial charge in [0.05, 0.1) is 0 Å². The Kier molecular flexibility index (Phi) is 4.95. The van der Waals surface area contributed by atoms with Crippen molar-refractivity contribution in [2.24, 2.45) is 5.73 Å². The van der Waals surface area contributed by atoms with E-state index in [1.54, 1.807) is 0 Å². The van der Waals surface area contributed by atoms with Crippen LogP contribution in [0.2, 0.25) is 0 Å². The Morgan fingerprint density at radius 1 is 0.947 bits per heavy atom. The number of para-hydroxylation sites is 1. The fourth-order valence-electron chi connectivity index (χ4n) is 1.89. The van der Waals surface area contributed by atoms with Gasteiger partial charge in [-0.2, -0.15) is 0 Å². The molecule has 2 rings (SSSR count). The summed E-state index contributed by atoms with van der Waals surface area (Å²) in [5, 5.41) is 8.79. The molecule has 3 N–H and O–H groups in total. The van der Waals surface area contributed by atoms with E-state index in [0.29, 0.717) is 0 Å². The van der Waals surface area contributed by atoms with E-state index in [-0.39, 0.29) is 12.6 Å². The van der Waals surface area contributed by atoms with Crippen LogP contribution in [0, 0.1) is 0 Å². The quantitative estimate of drug-likeness (QED) is 0.835. The van der Waals surface area contributed by atoms with Crippen molar-refractivity contribution in [1.29, 1.82) is 0 Å². The molecule has 0 radical (unpaired) electrons. The lowest BCUT2D eigenvalue weighted by Gasteiger charge is -2.12. The molecule has 0 spiro atoms. The second kappa shape index (κ2) is 6.92. The molecule has 0 saturated carbocycles. The number of benzene rings is 2. The third kappa shape index (κ3) is 4.09. The Morgan fingerprint density at radius 3 is 2.21 bits per heavy atom. The fraction of sp³-hybridized carbons (Fsp3) is 0.250. The average molecular weight is 257 g/mol. The lowest BCUT2D eigenvalue weighted by molar-refractivity contribution is 0.280. The first kappa shape index (κ1) is 13.6. The van der Waals surface area contributed by atoms with Crippen LogP contribution in [0.25, 0.3) is 0 Å². The molecule has 3 nitrogen and oxygen atoms in total. The van der Waals surface area contributed by atoms with Crippen molar-refractivity contribution in [3.8, 4) is 11.5 Å². The number of hydrogen-bond acceptors (Lipinski definition) is 3. The number of nitrogens with two attached hydrogens (primary N) is 1. The van der Waals surface area contributed by atoms with Crippen molar-refractivity contribution >= 4 is 0 Å². The van der Waals surface area contributed by atoms with Gasteiger partial charge in [0.25, 0.3) is 0 Å². The van der Waals surface area contributed by atoms with E-state index in [2.05, 4.69) is 0 Å². The summed E-state index contributed by atoms with van der Waals surface area (Å²) >= 11 is 0. The monoisotopic (exact) mass is 257 g/mol. The summed E-state index contributed by atoms with van der Waals surface area (Å²) in [6, 6.07) is 17.4. The first-order chi connectivity index (χ1) is 9.29. The van der Waals surface area contributed by atoms with E-state index in [0.717, 1.165) is 29.9 Å². The van der Waals surface area contributed by atoms with Crippen LogP contribution in [0.1, 0.15) is 24.4 Å². The first-order valence-corrected chi connectivity index (χ1v) is 6.49. The molecule has 0 aliphatic rings. The molecule has 1 atom stereocenters. The van der Waals surface area contributed by atoms with Gasteiger partial charge in [-0.25, -0.2) is 0 Å². The summed E-state index contributed by atoms with van der Waals surface area (Å²) in [6.07, 6.45) is 1.51. The van der Waals surface area contributed by atoms with Gasteiger partial charge in [-0.3, -0.25) is 0 Å². The second-order valence-electron chi connectivity index (χ2n) is 4.46. The molecule has 100 valence electrons. The molecule has 0 amide bonds. The van der Waals surface area contributed by atoms with Gasteiger partial charge < -0.3 is 15.6 Å². The Bertz CT molecular complexity index is 482. The van der Waals surface area contributed by atoms with Gasteiger partial charge in [0.15, 0.2) is 0 Å². The smallest absolute Gasteiger partial charge is 0.127 e. The van der Waals surface area contributed by atoms with Gasteiger partial charge in [-0.15, -0.1) is 0 Å². The van der Waals surface area contributed by atoms with Crippen LogP contribution >= 0.6 is 0 Å². The van der Waals surface area contributed by atoms with Crippen molar-refractivity contribution in [3.05, 3.63) is 60.2 Å². The van der Waals surface area contributed by atoms with Gasteiger partial charge in [-0.05, 0) is 42.7 Å². The topological polar surface area (TPSA) is 55.5 Å². The molecule has 0 unspecified atom stereocenters. The van der Waals surface area contributed by atoms with Gasteiger partial charge in [0.1, 0.15) is 11.5 Å². The highest BCUT2D eigenvalue weighted by molar-refractivity contribution is 5.33. The zero-order chi connectivity index (χ0) is 13.5. The van der Waals surface area contributed by atoms with Crippen molar-refractivity contribution in [2.45, 2.75) is 18.9 Å². The van der Waals surface area contributed by atoms with E-state index in [9.17, 15) is 0 Å². The molecular weight excluding hydrogens is 238 g/mol. The number of hydrogen-bond donors (Lipinski definition) is 2. The molecule has 0 aliphatic heterocycles. The second-order valence-corrected chi connectivity index (χ2v) is 4.46. The van der Waals surface area contributed by atoms with Crippen LogP contribution in [0.3, 0.4) is 0 Å². The molecule has 3 heteroatoms. The van der Waals surface area contributed by atoms with Crippen LogP contribution in [-0.2, 0) is 0 Å². The van der Waals surface area contributed by atoms with E-state index in [1.807, 2.05) is 54.6 Å². The highest BCUT2D eigenvalue weighted by Crippen LogP contribution is 2.23. The number of aliphatic hydroxyl groups excluding tert-OH is 1. The highest BCUT2D eigenvalue weighted by Gasteiger charge is 2.05. The van der Waals surface area contributed by atoms with Gasteiger partial charge >= 0.3 is 0 Å². The molecule has 19 heavy (non-hydrogen) atoms. The SMILES string of the molecule is N[C@@H](CCCO)c1ccc(Oc2ccccc2)cc1. The molecule has 2 aromatic rings. The van der Waals surface area contributed by atoms with Crippen molar-refractivity contribution in [2.75, 3.05) is 6.61 Å². The molecule has 0 aliphatic carbocycles. The van der Waals surface area contributed by atoms with Gasteiger partial charge in [-0.1, -0.05) is 30.3 Å². The fourth-order valence-corrected chi connectivity index (χ4v) is 1.89. The van der Waals surface area contributed by atoms with Crippen molar-refractivity contribution in [1.82, 2.24) is 0 Å². The van der Waals surface area contributed by atoms with Gasteiger partial charge in [0.2, 0.25) is 0 Å². The van der Waals surface area contributed by atoms with Crippen LogP contribution in [-0.4, -0.2) is 11.7 Å². The summed E-state index contributed by atoms with van der Waals surface area (Å²) in [4.78, 5) is 0. The summed E-state index contributed by atoms with van der Waals surface area (Å²) in [6.45, 7) is 0.183. The van der Waals surface area contributed by atoms with E-state index >= 15 is 0 Å². The van der Waals surface area contributed by atoms with Crippen molar-refractivity contribution in [3.63, 3.8) is 0 Å². The molecule has 0 heterocycles. The average Bonchev–Trinajstić information content (AvgIpc) is 2.46. The minimum absolute atomic E-state index is 0.0297. The lowest BCUT2D eigenvalue weighted by Crippen LogP contribution is -2.10. The van der Waals surface area contributed by atoms with Crippen LogP contribution in [0.5, 0.6) is 11.5 Å². The largest absolute Gasteiger partial charge is 0.457 e.